The number of hydrogen-bond donors (Lipinski definition) is 1. The van der Waals surface area contributed by atoms with E-state index in [1.807, 2.05) is 60.8 Å². The summed E-state index contributed by atoms with van der Waals surface area (Å²) in [5.74, 6) is 0.860. The molecular formula is C20H22N2O3S2. The molecule has 0 bridgehead atoms. The Balaban J connectivity index is 1.67. The summed E-state index contributed by atoms with van der Waals surface area (Å²) in [6.45, 7) is 3.02. The van der Waals surface area contributed by atoms with Crippen molar-refractivity contribution in [3.63, 3.8) is 0 Å². The quantitative estimate of drug-likeness (QED) is 0.619. The van der Waals surface area contributed by atoms with Gasteiger partial charge < -0.3 is 4.74 Å². The van der Waals surface area contributed by atoms with Gasteiger partial charge in [0.1, 0.15) is 10.8 Å². The maximum absolute atomic E-state index is 11.1. The predicted molar refractivity (Wildman–Crippen MR) is 111 cm³/mol. The zero-order chi connectivity index (χ0) is 19.3. The van der Waals surface area contributed by atoms with Crippen LogP contribution in [0.3, 0.4) is 0 Å². The highest BCUT2D eigenvalue weighted by atomic mass is 32.2. The molecule has 2 aromatic carbocycles. The van der Waals surface area contributed by atoms with Gasteiger partial charge in [-0.25, -0.2) is 18.1 Å². The molecule has 5 nitrogen and oxygen atoms in total. The highest BCUT2D eigenvalue weighted by Crippen LogP contribution is 2.30. The maximum atomic E-state index is 11.1. The Kier molecular flexibility index (Phi) is 6.26. The summed E-state index contributed by atoms with van der Waals surface area (Å²) in [5.41, 5.74) is 4.13. The van der Waals surface area contributed by atoms with Gasteiger partial charge in [-0.1, -0.05) is 24.3 Å². The molecule has 1 N–H and O–H groups in total. The number of nitrogens with zero attached hydrogens (tertiary/aromatic N) is 1. The van der Waals surface area contributed by atoms with Crippen molar-refractivity contribution in [2.24, 2.45) is 0 Å². The Labute approximate surface area is 164 Å². The fourth-order valence-corrected chi connectivity index (χ4v) is 3.93. The number of thiazole rings is 1. The normalized spacial score (nSPS) is 11.5. The van der Waals surface area contributed by atoms with E-state index in [1.165, 1.54) is 6.26 Å². The van der Waals surface area contributed by atoms with Crippen LogP contribution in [0.15, 0.2) is 53.9 Å². The number of benzene rings is 2. The minimum atomic E-state index is -3.14. The number of hydrogen-bond acceptors (Lipinski definition) is 5. The molecule has 0 atom stereocenters. The first-order chi connectivity index (χ1) is 12.9. The Hall–Kier alpha value is -2.22. The molecule has 0 saturated carbocycles. The number of ether oxygens (including phenoxy) is 1. The molecule has 0 amide bonds. The van der Waals surface area contributed by atoms with Crippen LogP contribution in [-0.4, -0.2) is 32.8 Å². The topological polar surface area (TPSA) is 68.3 Å². The van der Waals surface area contributed by atoms with Gasteiger partial charge in [0, 0.05) is 23.1 Å². The Morgan fingerprint density at radius 3 is 2.33 bits per heavy atom. The minimum absolute atomic E-state index is 0.400. The van der Waals surface area contributed by atoms with Gasteiger partial charge in [0.25, 0.3) is 0 Å². The summed E-state index contributed by atoms with van der Waals surface area (Å²) in [6, 6.07) is 16.0. The lowest BCUT2D eigenvalue weighted by Crippen LogP contribution is -2.24. The summed E-state index contributed by atoms with van der Waals surface area (Å²) in [4.78, 5) is 4.74. The monoisotopic (exact) mass is 402 g/mol. The zero-order valence-electron chi connectivity index (χ0n) is 15.3. The SMILES string of the molecule is CCOc1ccc(-c2nc(-c3ccc(CCNS(C)(=O)=O)cc3)cs2)cc1. The van der Waals surface area contributed by atoms with E-state index in [1.54, 1.807) is 11.3 Å². The first-order valence-corrected chi connectivity index (χ1v) is 11.4. The molecule has 27 heavy (non-hydrogen) atoms. The Morgan fingerprint density at radius 2 is 1.70 bits per heavy atom. The molecule has 3 aromatic rings. The fourth-order valence-electron chi connectivity index (χ4n) is 2.62. The van der Waals surface area contributed by atoms with Crippen molar-refractivity contribution in [2.75, 3.05) is 19.4 Å². The van der Waals surface area contributed by atoms with E-state index in [2.05, 4.69) is 4.72 Å². The van der Waals surface area contributed by atoms with Gasteiger partial charge in [-0.2, -0.15) is 0 Å². The second kappa shape index (κ2) is 8.65. The van der Waals surface area contributed by atoms with E-state index in [0.717, 1.165) is 33.1 Å². The summed E-state index contributed by atoms with van der Waals surface area (Å²) in [5, 5.41) is 3.01. The molecule has 3 rings (SSSR count). The molecule has 1 heterocycles. The van der Waals surface area contributed by atoms with E-state index >= 15 is 0 Å². The summed E-state index contributed by atoms with van der Waals surface area (Å²) in [6.07, 6.45) is 1.82. The lowest BCUT2D eigenvalue weighted by atomic mass is 10.1. The summed E-state index contributed by atoms with van der Waals surface area (Å²) in [7, 11) is -3.14. The molecule has 0 unspecified atom stereocenters. The first kappa shape index (κ1) is 19.5. The highest BCUT2D eigenvalue weighted by molar-refractivity contribution is 7.88. The molecule has 0 aliphatic heterocycles. The molecule has 0 radical (unpaired) electrons. The molecular weight excluding hydrogens is 380 g/mol. The molecule has 0 fully saturated rings. The molecule has 0 saturated heterocycles. The van der Waals surface area contributed by atoms with Crippen LogP contribution in [0.2, 0.25) is 0 Å². The number of rotatable bonds is 8. The average molecular weight is 403 g/mol. The van der Waals surface area contributed by atoms with Gasteiger partial charge in [0.05, 0.1) is 18.6 Å². The van der Waals surface area contributed by atoms with Crippen LogP contribution in [-0.2, 0) is 16.4 Å². The van der Waals surface area contributed by atoms with Crippen molar-refractivity contribution in [1.82, 2.24) is 9.71 Å². The van der Waals surface area contributed by atoms with Crippen LogP contribution in [0.1, 0.15) is 12.5 Å². The Morgan fingerprint density at radius 1 is 1.04 bits per heavy atom. The second-order valence-corrected chi connectivity index (χ2v) is 8.80. The third kappa shape index (κ3) is 5.63. The van der Waals surface area contributed by atoms with Crippen LogP contribution in [0.4, 0.5) is 0 Å². The van der Waals surface area contributed by atoms with Crippen molar-refractivity contribution >= 4 is 21.4 Å². The lowest BCUT2D eigenvalue weighted by Gasteiger charge is -2.04. The van der Waals surface area contributed by atoms with Crippen LogP contribution in [0.25, 0.3) is 21.8 Å². The largest absolute Gasteiger partial charge is 0.494 e. The van der Waals surface area contributed by atoms with Gasteiger partial charge in [0.2, 0.25) is 10.0 Å². The van der Waals surface area contributed by atoms with Crippen LogP contribution >= 0.6 is 11.3 Å². The number of nitrogens with one attached hydrogen (secondary N) is 1. The number of sulfonamides is 1. The average Bonchev–Trinajstić information content (AvgIpc) is 3.12. The molecule has 0 spiro atoms. The second-order valence-electron chi connectivity index (χ2n) is 6.11. The molecule has 7 heteroatoms. The maximum Gasteiger partial charge on any atom is 0.208 e. The predicted octanol–water partition coefficient (Wildman–Crippen LogP) is 3.97. The van der Waals surface area contributed by atoms with E-state index in [0.29, 0.717) is 19.6 Å². The third-order valence-corrected chi connectivity index (χ3v) is 5.56. The molecule has 1 aromatic heterocycles. The molecule has 0 aliphatic carbocycles. The van der Waals surface area contributed by atoms with Crippen LogP contribution in [0, 0.1) is 0 Å². The fraction of sp³-hybridized carbons (Fsp3) is 0.250. The first-order valence-electron chi connectivity index (χ1n) is 8.67. The van der Waals surface area contributed by atoms with Crippen LogP contribution < -0.4 is 9.46 Å². The molecule has 142 valence electrons. The van der Waals surface area contributed by atoms with Crippen molar-refractivity contribution < 1.29 is 13.2 Å². The van der Waals surface area contributed by atoms with Crippen molar-refractivity contribution in [2.45, 2.75) is 13.3 Å². The smallest absolute Gasteiger partial charge is 0.208 e. The van der Waals surface area contributed by atoms with Crippen LogP contribution in [0.5, 0.6) is 5.75 Å². The highest BCUT2D eigenvalue weighted by Gasteiger charge is 2.07. The van der Waals surface area contributed by atoms with Crippen molar-refractivity contribution in [3.8, 4) is 27.6 Å². The van der Waals surface area contributed by atoms with Gasteiger partial charge in [-0.15, -0.1) is 11.3 Å². The van der Waals surface area contributed by atoms with Gasteiger partial charge >= 0.3 is 0 Å². The summed E-state index contributed by atoms with van der Waals surface area (Å²) < 4.78 is 30.2. The minimum Gasteiger partial charge on any atom is -0.494 e. The van der Waals surface area contributed by atoms with Gasteiger partial charge in [-0.05, 0) is 43.2 Å². The Bertz CT molecular complexity index is 979. The van der Waals surface area contributed by atoms with E-state index < -0.39 is 10.0 Å². The van der Waals surface area contributed by atoms with E-state index in [-0.39, 0.29) is 0 Å². The molecule has 0 aliphatic rings. The lowest BCUT2D eigenvalue weighted by molar-refractivity contribution is 0.340. The van der Waals surface area contributed by atoms with Gasteiger partial charge in [0.15, 0.2) is 0 Å². The zero-order valence-corrected chi connectivity index (χ0v) is 16.9. The third-order valence-electron chi connectivity index (χ3n) is 3.94. The van der Waals surface area contributed by atoms with Gasteiger partial charge in [-0.3, -0.25) is 0 Å². The standard InChI is InChI=1S/C20H22N2O3S2/c1-3-25-18-10-8-17(9-11-18)20-22-19(14-26-20)16-6-4-15(5-7-16)12-13-21-27(2,23)24/h4-11,14,21H,3,12-13H2,1-2H3. The summed E-state index contributed by atoms with van der Waals surface area (Å²) >= 11 is 1.61. The van der Waals surface area contributed by atoms with E-state index in [4.69, 9.17) is 9.72 Å². The van der Waals surface area contributed by atoms with Crippen molar-refractivity contribution in [3.05, 3.63) is 59.5 Å². The number of aromatic nitrogens is 1. The van der Waals surface area contributed by atoms with Crippen molar-refractivity contribution in [1.29, 1.82) is 0 Å². The van der Waals surface area contributed by atoms with E-state index in [9.17, 15) is 8.42 Å².